The molecule has 1 heterocycles. The Morgan fingerprint density at radius 3 is 2.00 bits per heavy atom. The number of pyridine rings is 1. The van der Waals surface area contributed by atoms with Crippen molar-refractivity contribution in [2.75, 3.05) is 0 Å². The van der Waals surface area contributed by atoms with Gasteiger partial charge in [0.05, 0.1) is 0 Å². The fourth-order valence-electron chi connectivity index (χ4n) is 0.749. The van der Waals surface area contributed by atoms with Gasteiger partial charge in [-0.2, -0.15) is 48.5 Å². The van der Waals surface area contributed by atoms with Crippen LogP contribution in [0.25, 0.3) is 0 Å². The van der Waals surface area contributed by atoms with Crippen LogP contribution in [-0.2, 0) is 20.1 Å². The Balaban J connectivity index is 0.000000227. The monoisotopic (exact) mass is 362 g/mol. The molecule has 0 unspecified atom stereocenters. The molecule has 2 heteroatoms. The molecule has 0 bridgehead atoms. The summed E-state index contributed by atoms with van der Waals surface area (Å²) in [6.45, 7) is 1.97. The van der Waals surface area contributed by atoms with Crippen molar-refractivity contribution in [2.45, 2.75) is 6.92 Å². The van der Waals surface area contributed by atoms with Crippen molar-refractivity contribution >= 4 is 0 Å². The van der Waals surface area contributed by atoms with Crippen molar-refractivity contribution in [1.29, 1.82) is 0 Å². The van der Waals surface area contributed by atoms with Gasteiger partial charge >= 0.3 is 0 Å². The van der Waals surface area contributed by atoms with Gasteiger partial charge < -0.3 is 4.98 Å². The molecule has 0 amide bonds. The zero-order valence-electron chi connectivity index (χ0n) is 7.90. The van der Waals surface area contributed by atoms with Crippen LogP contribution >= 0.6 is 0 Å². The first-order chi connectivity index (χ1) is 6.39. The molecule has 1 nitrogen and oxygen atoms in total. The summed E-state index contributed by atoms with van der Waals surface area (Å²) in [4.78, 5) is 3.76. The Hall–Kier alpha value is -0.981. The number of rotatable bonds is 0. The average Bonchev–Trinajstić information content (AvgIpc) is 2.22. The zero-order valence-corrected chi connectivity index (χ0v) is 10.3. The van der Waals surface area contributed by atoms with E-state index >= 15 is 0 Å². The molecule has 0 N–H and O–H groups in total. The standard InChI is InChI=1S/C6H6N.C6H5.Ir/c1-6-3-2-4-7-5-6;1-2-4-6-5-3-1;/h2-4H,1H3;1-5H;/q2*-1;. The number of aromatic nitrogens is 1. The maximum Gasteiger partial charge on any atom is 0 e. The molecule has 0 fully saturated rings. The summed E-state index contributed by atoms with van der Waals surface area (Å²) in [5.41, 5.74) is 1.09. The SMILES string of the molecule is Cc1[c-]nccc1.[Ir].[c-]1ccccc1. The summed E-state index contributed by atoms with van der Waals surface area (Å²) >= 11 is 0. The van der Waals surface area contributed by atoms with E-state index in [1.165, 1.54) is 0 Å². The minimum absolute atomic E-state index is 0. The molecule has 0 aliphatic heterocycles. The summed E-state index contributed by atoms with van der Waals surface area (Å²) in [5, 5.41) is 0. The largest absolute Gasteiger partial charge is 0.394 e. The predicted octanol–water partition coefficient (Wildman–Crippen LogP) is 2.67. The van der Waals surface area contributed by atoms with E-state index < -0.39 is 0 Å². The smallest absolute Gasteiger partial charge is 0 e. The van der Waals surface area contributed by atoms with Gasteiger partial charge in [-0.05, 0) is 0 Å². The third-order valence-corrected chi connectivity index (χ3v) is 1.35. The molecular weight excluding hydrogens is 350 g/mol. The summed E-state index contributed by atoms with van der Waals surface area (Å²) in [5.74, 6) is 0. The molecule has 0 aliphatic carbocycles. The molecule has 14 heavy (non-hydrogen) atoms. The summed E-state index contributed by atoms with van der Waals surface area (Å²) < 4.78 is 0. The van der Waals surface area contributed by atoms with Gasteiger partial charge in [-0.1, -0.05) is 19.3 Å². The van der Waals surface area contributed by atoms with Crippen LogP contribution in [0.2, 0.25) is 0 Å². The van der Waals surface area contributed by atoms with Crippen molar-refractivity contribution in [1.82, 2.24) is 4.98 Å². The molecule has 75 valence electrons. The normalized spacial score (nSPS) is 7.79. The van der Waals surface area contributed by atoms with Crippen LogP contribution in [0.15, 0.2) is 48.7 Å². The van der Waals surface area contributed by atoms with Gasteiger partial charge in [0.1, 0.15) is 0 Å². The van der Waals surface area contributed by atoms with E-state index in [0.29, 0.717) is 0 Å². The van der Waals surface area contributed by atoms with Gasteiger partial charge in [0, 0.05) is 20.1 Å². The second-order valence-electron chi connectivity index (χ2n) is 2.51. The Morgan fingerprint density at radius 2 is 1.79 bits per heavy atom. The number of aryl methyl sites for hydroxylation is 1. The quantitative estimate of drug-likeness (QED) is 0.658. The van der Waals surface area contributed by atoms with Crippen LogP contribution in [0.3, 0.4) is 0 Å². The Labute approximate surface area is 98.6 Å². The number of hydrogen-bond acceptors (Lipinski definition) is 1. The van der Waals surface area contributed by atoms with E-state index in [0.717, 1.165) is 5.56 Å². The Kier molecular flexibility index (Phi) is 8.01. The van der Waals surface area contributed by atoms with E-state index in [1.807, 2.05) is 49.4 Å². The number of benzene rings is 1. The van der Waals surface area contributed by atoms with Crippen molar-refractivity contribution in [3.8, 4) is 0 Å². The second kappa shape index (κ2) is 8.61. The number of hydrogen-bond donors (Lipinski definition) is 0. The molecule has 2 rings (SSSR count). The van der Waals surface area contributed by atoms with Crippen LogP contribution < -0.4 is 0 Å². The Bertz CT molecular complexity index is 281. The summed E-state index contributed by atoms with van der Waals surface area (Å²) in [6, 6.07) is 16.4. The zero-order chi connectivity index (χ0) is 9.36. The van der Waals surface area contributed by atoms with Crippen molar-refractivity contribution in [2.24, 2.45) is 0 Å². The first-order valence-corrected chi connectivity index (χ1v) is 4.10. The average molecular weight is 361 g/mol. The summed E-state index contributed by atoms with van der Waals surface area (Å²) in [7, 11) is 0. The fourth-order valence-corrected chi connectivity index (χ4v) is 0.749. The van der Waals surface area contributed by atoms with Crippen molar-refractivity contribution in [3.05, 3.63) is 66.5 Å². The first-order valence-electron chi connectivity index (χ1n) is 4.10. The molecule has 1 radical (unpaired) electrons. The predicted molar refractivity (Wildman–Crippen MR) is 53.1 cm³/mol. The van der Waals surface area contributed by atoms with E-state index in [2.05, 4.69) is 17.2 Å². The van der Waals surface area contributed by atoms with E-state index in [1.54, 1.807) is 6.20 Å². The second-order valence-corrected chi connectivity index (χ2v) is 2.51. The molecular formula is C12H11IrN-2. The molecule has 1 aromatic heterocycles. The van der Waals surface area contributed by atoms with Gasteiger partial charge in [0.25, 0.3) is 0 Å². The molecule has 0 spiro atoms. The fraction of sp³-hybridized carbons (Fsp3) is 0.0833. The molecule has 1 aromatic carbocycles. The van der Waals surface area contributed by atoms with Crippen LogP contribution in [0, 0.1) is 19.2 Å². The first kappa shape index (κ1) is 13.0. The third-order valence-electron chi connectivity index (χ3n) is 1.35. The van der Waals surface area contributed by atoms with Crippen LogP contribution in [0.1, 0.15) is 5.56 Å². The third kappa shape index (κ3) is 6.53. The van der Waals surface area contributed by atoms with Crippen LogP contribution in [0.4, 0.5) is 0 Å². The van der Waals surface area contributed by atoms with Gasteiger partial charge in [0.15, 0.2) is 0 Å². The van der Waals surface area contributed by atoms with Gasteiger partial charge in [-0.25, -0.2) is 0 Å². The Morgan fingerprint density at radius 1 is 1.07 bits per heavy atom. The topological polar surface area (TPSA) is 12.9 Å². The molecule has 2 aromatic rings. The molecule has 0 saturated heterocycles. The van der Waals surface area contributed by atoms with Gasteiger partial charge in [-0.15, -0.1) is 5.56 Å². The molecule has 0 aliphatic rings. The van der Waals surface area contributed by atoms with Gasteiger partial charge in [-0.3, -0.25) is 0 Å². The van der Waals surface area contributed by atoms with Crippen LogP contribution in [0.5, 0.6) is 0 Å². The van der Waals surface area contributed by atoms with Crippen molar-refractivity contribution in [3.63, 3.8) is 0 Å². The minimum atomic E-state index is 0. The van der Waals surface area contributed by atoms with Crippen molar-refractivity contribution < 1.29 is 20.1 Å². The maximum absolute atomic E-state index is 3.76. The van der Waals surface area contributed by atoms with Crippen LogP contribution in [-0.4, -0.2) is 4.98 Å². The van der Waals surface area contributed by atoms with Gasteiger partial charge in [0.2, 0.25) is 0 Å². The summed E-state index contributed by atoms with van der Waals surface area (Å²) in [6.07, 6.45) is 4.50. The number of nitrogens with zero attached hydrogens (tertiary/aromatic N) is 1. The van der Waals surface area contributed by atoms with E-state index in [-0.39, 0.29) is 20.1 Å². The van der Waals surface area contributed by atoms with E-state index in [4.69, 9.17) is 0 Å². The molecule has 0 saturated carbocycles. The maximum atomic E-state index is 3.76. The molecule has 0 atom stereocenters. The minimum Gasteiger partial charge on any atom is -0.394 e. The van der Waals surface area contributed by atoms with E-state index in [9.17, 15) is 0 Å².